The highest BCUT2D eigenvalue weighted by Gasteiger charge is 2.14. The molecule has 1 fully saturated rings. The normalized spacial score (nSPS) is 16.6. The molecule has 4 rings (SSSR count). The van der Waals surface area contributed by atoms with Crippen LogP contribution in [0.1, 0.15) is 35.1 Å². The van der Waals surface area contributed by atoms with E-state index in [9.17, 15) is 0 Å². The Morgan fingerprint density at radius 2 is 1.90 bits per heavy atom. The smallest absolute Gasteiger partial charge is 0.191 e. The third kappa shape index (κ3) is 6.45. The Bertz CT molecular complexity index is 878. The highest BCUT2D eigenvalue weighted by molar-refractivity contribution is 5.79. The number of rotatable bonds is 8. The quantitative estimate of drug-likeness (QED) is 0.504. The molecule has 0 atom stereocenters. The number of hydrogen-bond donors (Lipinski definition) is 2. The molecule has 0 aromatic heterocycles. The first-order valence-corrected chi connectivity index (χ1v) is 11.3. The van der Waals surface area contributed by atoms with Crippen molar-refractivity contribution < 1.29 is 14.2 Å². The molecular weight excluding hydrogens is 390 g/mol. The second kappa shape index (κ2) is 11.2. The minimum atomic E-state index is 0.316. The monoisotopic (exact) mass is 423 g/mol. The van der Waals surface area contributed by atoms with Crippen LogP contribution in [0.4, 0.5) is 0 Å². The van der Waals surface area contributed by atoms with Crippen LogP contribution in [0, 0.1) is 0 Å². The van der Waals surface area contributed by atoms with E-state index >= 15 is 0 Å². The van der Waals surface area contributed by atoms with Gasteiger partial charge in [0.25, 0.3) is 0 Å². The van der Waals surface area contributed by atoms with E-state index in [0.29, 0.717) is 12.7 Å². The van der Waals surface area contributed by atoms with Gasteiger partial charge in [0.05, 0.1) is 19.3 Å². The van der Waals surface area contributed by atoms with E-state index in [4.69, 9.17) is 14.2 Å². The van der Waals surface area contributed by atoms with Crippen LogP contribution in [0.15, 0.2) is 47.5 Å². The summed E-state index contributed by atoms with van der Waals surface area (Å²) >= 11 is 0. The van der Waals surface area contributed by atoms with Gasteiger partial charge in [0.15, 0.2) is 5.96 Å². The molecule has 0 bridgehead atoms. The van der Waals surface area contributed by atoms with E-state index in [2.05, 4.69) is 58.1 Å². The number of fused-ring (bicyclic) bond motifs is 1. The van der Waals surface area contributed by atoms with Gasteiger partial charge in [-0.2, -0.15) is 0 Å². The van der Waals surface area contributed by atoms with Crippen LogP contribution in [0.5, 0.6) is 5.75 Å². The van der Waals surface area contributed by atoms with Gasteiger partial charge in [0.2, 0.25) is 0 Å². The summed E-state index contributed by atoms with van der Waals surface area (Å²) in [5, 5.41) is 6.82. The molecule has 6 heteroatoms. The topological polar surface area (TPSA) is 64.1 Å². The molecule has 0 amide bonds. The lowest BCUT2D eigenvalue weighted by atomic mass is 10.1. The fraction of sp³-hybridized carbons (Fsp3) is 0.480. The van der Waals surface area contributed by atoms with Crippen LogP contribution < -0.4 is 15.4 Å². The molecule has 2 aromatic carbocycles. The first-order valence-electron chi connectivity index (χ1n) is 11.3. The minimum absolute atomic E-state index is 0.316. The molecule has 2 heterocycles. The zero-order valence-electron chi connectivity index (χ0n) is 18.4. The third-order valence-electron chi connectivity index (χ3n) is 5.79. The van der Waals surface area contributed by atoms with E-state index in [1.807, 2.05) is 0 Å². The Morgan fingerprint density at radius 1 is 1.03 bits per heavy atom. The molecule has 1 saturated heterocycles. The largest absolute Gasteiger partial charge is 0.493 e. The van der Waals surface area contributed by atoms with Crippen molar-refractivity contribution in [2.24, 2.45) is 4.99 Å². The van der Waals surface area contributed by atoms with Crippen molar-refractivity contribution in [3.63, 3.8) is 0 Å². The molecule has 166 valence electrons. The van der Waals surface area contributed by atoms with E-state index in [1.165, 1.54) is 22.3 Å². The molecule has 2 aromatic rings. The lowest BCUT2D eigenvalue weighted by Crippen LogP contribution is -2.37. The van der Waals surface area contributed by atoms with Gasteiger partial charge in [-0.3, -0.25) is 4.99 Å². The molecule has 6 nitrogen and oxygen atoms in total. The van der Waals surface area contributed by atoms with Crippen molar-refractivity contribution >= 4 is 5.96 Å². The van der Waals surface area contributed by atoms with Gasteiger partial charge < -0.3 is 24.8 Å². The summed E-state index contributed by atoms with van der Waals surface area (Å²) in [6, 6.07) is 15.0. The maximum absolute atomic E-state index is 6.05. The Kier molecular flexibility index (Phi) is 7.80. The third-order valence-corrected chi connectivity index (χ3v) is 5.79. The Morgan fingerprint density at radius 3 is 2.77 bits per heavy atom. The zero-order valence-corrected chi connectivity index (χ0v) is 18.4. The molecule has 0 spiro atoms. The van der Waals surface area contributed by atoms with E-state index in [1.54, 1.807) is 7.05 Å². The summed E-state index contributed by atoms with van der Waals surface area (Å²) in [5.41, 5.74) is 5.06. The van der Waals surface area contributed by atoms with Gasteiger partial charge in [-0.05, 0) is 47.6 Å². The van der Waals surface area contributed by atoms with Crippen molar-refractivity contribution in [1.82, 2.24) is 10.6 Å². The van der Waals surface area contributed by atoms with Crippen LogP contribution in [0.25, 0.3) is 0 Å². The predicted octanol–water partition coefficient (Wildman–Crippen LogP) is 3.22. The van der Waals surface area contributed by atoms with Gasteiger partial charge in [-0.15, -0.1) is 0 Å². The van der Waals surface area contributed by atoms with Gasteiger partial charge >= 0.3 is 0 Å². The summed E-state index contributed by atoms with van der Waals surface area (Å²) in [7, 11) is 1.81. The van der Waals surface area contributed by atoms with Gasteiger partial charge in [-0.25, -0.2) is 0 Å². The molecule has 0 unspecified atom stereocenters. The predicted molar refractivity (Wildman–Crippen MR) is 123 cm³/mol. The summed E-state index contributed by atoms with van der Waals surface area (Å²) in [6.07, 6.45) is 4.26. The number of guanidine groups is 1. The number of ether oxygens (including phenoxy) is 3. The summed E-state index contributed by atoms with van der Waals surface area (Å²) in [6.45, 7) is 4.62. The molecule has 2 aliphatic rings. The van der Waals surface area contributed by atoms with Crippen molar-refractivity contribution in [2.45, 2.75) is 44.9 Å². The van der Waals surface area contributed by atoms with Crippen LogP contribution in [-0.2, 0) is 35.5 Å². The average Bonchev–Trinajstić information content (AvgIpc) is 3.29. The van der Waals surface area contributed by atoms with E-state index in [0.717, 1.165) is 70.3 Å². The number of benzene rings is 2. The minimum Gasteiger partial charge on any atom is -0.493 e. The van der Waals surface area contributed by atoms with Gasteiger partial charge in [0.1, 0.15) is 5.75 Å². The zero-order chi connectivity index (χ0) is 21.3. The highest BCUT2D eigenvalue weighted by Crippen LogP contribution is 2.25. The Balaban J connectivity index is 1.20. The standard InChI is InChI=1S/C25H33N3O3/c1-26-25(27-11-7-19-5-6-24-22(16-19)8-14-30-24)28-17-20-3-2-4-21(15-20)18-31-23-9-12-29-13-10-23/h2-6,15-16,23H,7-14,17-18H2,1H3,(H2,26,27,28). The second-order valence-corrected chi connectivity index (χ2v) is 8.09. The summed E-state index contributed by atoms with van der Waals surface area (Å²) in [4.78, 5) is 4.35. The fourth-order valence-electron chi connectivity index (χ4n) is 4.01. The van der Waals surface area contributed by atoms with Crippen LogP contribution >= 0.6 is 0 Å². The maximum Gasteiger partial charge on any atom is 0.191 e. The molecular formula is C25H33N3O3. The molecule has 31 heavy (non-hydrogen) atoms. The molecule has 0 radical (unpaired) electrons. The van der Waals surface area contributed by atoms with E-state index in [-0.39, 0.29) is 0 Å². The maximum atomic E-state index is 6.05. The SMILES string of the molecule is CN=C(NCCc1ccc2c(c1)CCO2)NCc1cccc(COC2CCOCC2)c1. The lowest BCUT2D eigenvalue weighted by Gasteiger charge is -2.22. The Labute approximate surface area is 185 Å². The highest BCUT2D eigenvalue weighted by atomic mass is 16.5. The average molecular weight is 424 g/mol. The number of nitrogens with zero attached hydrogens (tertiary/aromatic N) is 1. The summed E-state index contributed by atoms with van der Waals surface area (Å²) < 4.78 is 17.0. The molecule has 0 saturated carbocycles. The van der Waals surface area contributed by atoms with Crippen molar-refractivity contribution in [3.05, 3.63) is 64.7 Å². The first-order chi connectivity index (χ1) is 15.3. The van der Waals surface area contributed by atoms with Gasteiger partial charge in [-0.1, -0.05) is 36.4 Å². The summed E-state index contributed by atoms with van der Waals surface area (Å²) in [5.74, 6) is 1.85. The lowest BCUT2D eigenvalue weighted by molar-refractivity contribution is -0.0390. The van der Waals surface area contributed by atoms with Crippen molar-refractivity contribution in [2.75, 3.05) is 33.4 Å². The number of aliphatic imine (C=N–C) groups is 1. The van der Waals surface area contributed by atoms with E-state index < -0.39 is 0 Å². The van der Waals surface area contributed by atoms with Crippen molar-refractivity contribution in [1.29, 1.82) is 0 Å². The second-order valence-electron chi connectivity index (χ2n) is 8.09. The number of hydrogen-bond acceptors (Lipinski definition) is 4. The van der Waals surface area contributed by atoms with Crippen LogP contribution in [-0.4, -0.2) is 45.5 Å². The Hall–Kier alpha value is -2.57. The molecule has 2 aliphatic heterocycles. The van der Waals surface area contributed by atoms with Crippen LogP contribution in [0.2, 0.25) is 0 Å². The van der Waals surface area contributed by atoms with Crippen LogP contribution in [0.3, 0.4) is 0 Å². The fourth-order valence-corrected chi connectivity index (χ4v) is 4.01. The van der Waals surface area contributed by atoms with Crippen molar-refractivity contribution in [3.8, 4) is 5.75 Å². The number of nitrogens with one attached hydrogen (secondary N) is 2. The molecule has 0 aliphatic carbocycles. The van der Waals surface area contributed by atoms with Gasteiger partial charge in [0, 0.05) is 39.8 Å². The molecule has 2 N–H and O–H groups in total. The first kappa shape index (κ1) is 21.7.